The minimum atomic E-state index is -0.341. The van der Waals surface area contributed by atoms with Crippen molar-refractivity contribution in [1.29, 1.82) is 0 Å². The van der Waals surface area contributed by atoms with Crippen LogP contribution in [0.15, 0.2) is 83.8 Å². The molecule has 9 nitrogen and oxygen atoms in total. The van der Waals surface area contributed by atoms with Crippen LogP contribution in [-0.2, 0) is 13.1 Å². The highest BCUT2D eigenvalue weighted by Crippen LogP contribution is 2.28. The van der Waals surface area contributed by atoms with Gasteiger partial charge in [0, 0.05) is 17.1 Å². The number of aromatic amines is 1. The Kier molecular flexibility index (Phi) is 6.04. The Morgan fingerprint density at radius 1 is 1.03 bits per heavy atom. The zero-order valence-corrected chi connectivity index (χ0v) is 18.9. The molecule has 0 unspecified atom stereocenters. The fourth-order valence-electron chi connectivity index (χ4n) is 3.88. The molecule has 0 aliphatic heterocycles. The van der Waals surface area contributed by atoms with Crippen molar-refractivity contribution in [3.63, 3.8) is 0 Å². The first kappa shape index (κ1) is 22.0. The number of methoxy groups -OCH3 is 1. The number of amides is 1. The van der Waals surface area contributed by atoms with Crippen molar-refractivity contribution >= 4 is 16.7 Å². The van der Waals surface area contributed by atoms with Gasteiger partial charge >= 0.3 is 0 Å². The van der Waals surface area contributed by atoms with Gasteiger partial charge in [0.1, 0.15) is 11.4 Å². The zero-order chi connectivity index (χ0) is 24.2. The van der Waals surface area contributed by atoms with Crippen molar-refractivity contribution in [2.24, 2.45) is 0 Å². The summed E-state index contributed by atoms with van der Waals surface area (Å²) in [6, 6.07) is 21.9. The van der Waals surface area contributed by atoms with Gasteiger partial charge in [-0.15, -0.1) is 0 Å². The molecule has 5 rings (SSSR count). The van der Waals surface area contributed by atoms with E-state index in [0.29, 0.717) is 39.3 Å². The Morgan fingerprint density at radius 2 is 1.80 bits per heavy atom. The molecule has 5 aromatic rings. The van der Waals surface area contributed by atoms with E-state index in [9.17, 15) is 9.59 Å². The summed E-state index contributed by atoms with van der Waals surface area (Å²) < 4.78 is 6.76. The largest absolute Gasteiger partial charge is 0.496 e. The van der Waals surface area contributed by atoms with E-state index in [1.54, 1.807) is 31.5 Å². The van der Waals surface area contributed by atoms with Gasteiger partial charge in [0.15, 0.2) is 0 Å². The van der Waals surface area contributed by atoms with Crippen molar-refractivity contribution in [2.45, 2.75) is 13.1 Å². The first-order valence-corrected chi connectivity index (χ1v) is 11.0. The van der Waals surface area contributed by atoms with E-state index in [2.05, 4.69) is 25.6 Å². The van der Waals surface area contributed by atoms with E-state index in [0.717, 1.165) is 5.56 Å². The molecule has 0 aliphatic rings. The van der Waals surface area contributed by atoms with Crippen molar-refractivity contribution in [3.05, 3.63) is 106 Å². The van der Waals surface area contributed by atoms with E-state index in [1.165, 1.54) is 4.68 Å². The fraction of sp³-hybridized carbons (Fsp3) is 0.115. The number of carbonyl (C=O) groups is 1. The molecule has 35 heavy (non-hydrogen) atoms. The van der Waals surface area contributed by atoms with Crippen molar-refractivity contribution in [1.82, 2.24) is 30.3 Å². The average molecular weight is 467 g/mol. The van der Waals surface area contributed by atoms with Gasteiger partial charge in [0.05, 0.1) is 42.7 Å². The van der Waals surface area contributed by atoms with Crippen molar-refractivity contribution in [3.8, 4) is 17.0 Å². The molecule has 0 bridgehead atoms. The summed E-state index contributed by atoms with van der Waals surface area (Å²) in [5, 5.41) is 15.7. The van der Waals surface area contributed by atoms with Crippen LogP contribution >= 0.6 is 0 Å². The predicted molar refractivity (Wildman–Crippen MR) is 131 cm³/mol. The van der Waals surface area contributed by atoms with Crippen LogP contribution in [-0.4, -0.2) is 38.0 Å². The maximum atomic E-state index is 13.0. The summed E-state index contributed by atoms with van der Waals surface area (Å²) in [6.07, 6.45) is 1.67. The molecule has 0 radical (unpaired) electrons. The third kappa shape index (κ3) is 4.51. The Labute approximate surface area is 200 Å². The predicted octanol–water partition coefficient (Wildman–Crippen LogP) is 3.17. The maximum absolute atomic E-state index is 13.0. The smallest absolute Gasteiger partial charge is 0.275 e. The second kappa shape index (κ2) is 9.60. The first-order valence-electron chi connectivity index (χ1n) is 11.0. The fourth-order valence-corrected chi connectivity index (χ4v) is 3.88. The molecule has 3 aromatic heterocycles. The van der Waals surface area contributed by atoms with E-state index in [-0.39, 0.29) is 24.6 Å². The molecule has 174 valence electrons. The summed E-state index contributed by atoms with van der Waals surface area (Å²) in [4.78, 5) is 30.2. The second-order valence-corrected chi connectivity index (χ2v) is 7.83. The van der Waals surface area contributed by atoms with E-state index in [1.807, 2.05) is 54.6 Å². The molecule has 2 aromatic carbocycles. The normalized spacial score (nSPS) is 10.9. The van der Waals surface area contributed by atoms with Crippen LogP contribution in [0.2, 0.25) is 0 Å². The number of H-pyrrole nitrogens is 1. The molecule has 0 atom stereocenters. The number of hydrogen-bond acceptors (Lipinski definition) is 6. The Balaban J connectivity index is 1.40. The number of para-hydroxylation sites is 1. The number of nitrogens with zero attached hydrogens (tertiary/aromatic N) is 4. The van der Waals surface area contributed by atoms with E-state index < -0.39 is 0 Å². The Morgan fingerprint density at radius 3 is 2.60 bits per heavy atom. The topological polar surface area (TPSA) is 115 Å². The van der Waals surface area contributed by atoms with Crippen molar-refractivity contribution in [2.75, 3.05) is 7.11 Å². The molecular weight excluding hydrogens is 444 g/mol. The van der Waals surface area contributed by atoms with Crippen LogP contribution in [0.3, 0.4) is 0 Å². The number of fused-ring (bicyclic) bond motifs is 1. The lowest BCUT2D eigenvalue weighted by Crippen LogP contribution is -2.29. The van der Waals surface area contributed by atoms with Gasteiger partial charge in [-0.05, 0) is 36.4 Å². The summed E-state index contributed by atoms with van der Waals surface area (Å²) >= 11 is 0. The molecule has 2 N–H and O–H groups in total. The number of aromatic nitrogens is 5. The van der Waals surface area contributed by atoms with Gasteiger partial charge < -0.3 is 10.1 Å². The molecule has 9 heteroatoms. The summed E-state index contributed by atoms with van der Waals surface area (Å²) in [6.45, 7) is 0.360. The molecule has 3 heterocycles. The number of benzene rings is 2. The molecule has 0 aliphatic carbocycles. The minimum absolute atomic E-state index is 0.130. The van der Waals surface area contributed by atoms with Gasteiger partial charge in [-0.25, -0.2) is 4.68 Å². The Bertz CT molecular complexity index is 1560. The summed E-state index contributed by atoms with van der Waals surface area (Å²) in [5.41, 5.74) is 2.76. The molecule has 0 saturated heterocycles. The van der Waals surface area contributed by atoms with Gasteiger partial charge in [-0.2, -0.15) is 10.2 Å². The number of rotatable bonds is 7. The third-order valence-corrected chi connectivity index (χ3v) is 5.60. The highest BCUT2D eigenvalue weighted by atomic mass is 16.5. The number of pyridine rings is 1. The van der Waals surface area contributed by atoms with Crippen LogP contribution < -0.4 is 15.6 Å². The zero-order valence-electron chi connectivity index (χ0n) is 18.9. The van der Waals surface area contributed by atoms with Gasteiger partial charge in [0.2, 0.25) is 0 Å². The summed E-state index contributed by atoms with van der Waals surface area (Å²) in [7, 11) is 1.59. The highest BCUT2D eigenvalue weighted by Gasteiger charge is 2.16. The quantitative estimate of drug-likeness (QED) is 0.381. The maximum Gasteiger partial charge on any atom is 0.275 e. The van der Waals surface area contributed by atoms with Crippen molar-refractivity contribution < 1.29 is 9.53 Å². The van der Waals surface area contributed by atoms with Crippen LogP contribution in [0.4, 0.5) is 0 Å². The van der Waals surface area contributed by atoms with Crippen LogP contribution in [0, 0.1) is 0 Å². The molecule has 0 saturated carbocycles. The second-order valence-electron chi connectivity index (χ2n) is 7.83. The van der Waals surface area contributed by atoms with Crippen LogP contribution in [0.1, 0.15) is 21.9 Å². The van der Waals surface area contributed by atoms with Gasteiger partial charge in [-0.1, -0.05) is 36.4 Å². The average Bonchev–Trinajstić information content (AvgIpc) is 3.40. The Hall–Kier alpha value is -4.79. The number of hydrogen-bond donors (Lipinski definition) is 2. The first-order chi connectivity index (χ1) is 17.1. The van der Waals surface area contributed by atoms with E-state index >= 15 is 0 Å². The lowest BCUT2D eigenvalue weighted by molar-refractivity contribution is 0.0945. The third-order valence-electron chi connectivity index (χ3n) is 5.60. The molecule has 0 spiro atoms. The number of nitrogens with one attached hydrogen (secondary N) is 2. The molecular formula is C26H22N6O3. The van der Waals surface area contributed by atoms with Crippen LogP contribution in [0.25, 0.3) is 22.0 Å². The SMILES string of the molecule is COc1ccccc1-c1cc(C(=O)NCc2nn(Cc3ccccn3)c(=O)c3ccccc23)[nH]n1. The minimum Gasteiger partial charge on any atom is -0.496 e. The molecule has 1 amide bonds. The lowest BCUT2D eigenvalue weighted by atomic mass is 10.1. The lowest BCUT2D eigenvalue weighted by Gasteiger charge is -2.11. The molecule has 0 fully saturated rings. The van der Waals surface area contributed by atoms with Gasteiger partial charge in [-0.3, -0.25) is 19.7 Å². The van der Waals surface area contributed by atoms with Crippen LogP contribution in [0.5, 0.6) is 5.75 Å². The standard InChI is InChI=1S/C26H22N6O3/c1-35-24-12-5-4-11-20(24)21-14-22(30-29-21)25(33)28-15-23-18-9-2-3-10-19(18)26(34)32(31-23)16-17-8-6-7-13-27-17/h2-14H,15-16H2,1H3,(H,28,33)(H,29,30). The van der Waals surface area contributed by atoms with E-state index in [4.69, 9.17) is 4.74 Å². The highest BCUT2D eigenvalue weighted by molar-refractivity contribution is 5.94. The van der Waals surface area contributed by atoms with Gasteiger partial charge in [0.25, 0.3) is 11.5 Å². The number of ether oxygens (including phenoxy) is 1. The summed E-state index contributed by atoms with van der Waals surface area (Å²) in [5.74, 6) is 0.323. The monoisotopic (exact) mass is 466 g/mol. The number of carbonyl (C=O) groups excluding carboxylic acids is 1.